The van der Waals surface area contributed by atoms with Crippen molar-refractivity contribution in [2.45, 2.75) is 39.5 Å². The molecule has 0 saturated carbocycles. The zero-order valence-electron chi connectivity index (χ0n) is 7.30. The van der Waals surface area contributed by atoms with Crippen LogP contribution in [-0.2, 0) is 14.3 Å². The maximum atomic E-state index is 12.5. The summed E-state index contributed by atoms with van der Waals surface area (Å²) in [7, 11) is 0. The van der Waals surface area contributed by atoms with E-state index in [1.54, 1.807) is 6.92 Å². The van der Waals surface area contributed by atoms with Crippen molar-refractivity contribution in [3.05, 3.63) is 0 Å². The summed E-state index contributed by atoms with van der Waals surface area (Å²) in [6, 6.07) is 0. The molecule has 1 atom stereocenters. The molecule has 0 rings (SSSR count). The highest BCUT2D eigenvalue weighted by Gasteiger charge is 2.12. The molecule has 0 aliphatic carbocycles. The number of alkyl halides is 1. The third kappa shape index (κ3) is 5.82. The number of Topliss-reactive ketones (excluding diaryl/α,β-unsaturated/α-hetero) is 1. The summed E-state index contributed by atoms with van der Waals surface area (Å²) in [5.74, 6) is -1.10. The van der Waals surface area contributed by atoms with Crippen LogP contribution in [-0.4, -0.2) is 18.1 Å². The van der Waals surface area contributed by atoms with Crippen molar-refractivity contribution in [1.29, 1.82) is 0 Å². The molecule has 0 heterocycles. The van der Waals surface area contributed by atoms with Crippen molar-refractivity contribution in [2.24, 2.45) is 0 Å². The SMILES string of the molecule is CCCC(F)OC(=O)CC(C)=O. The van der Waals surface area contributed by atoms with Crippen LogP contribution in [0.25, 0.3) is 0 Å². The summed E-state index contributed by atoms with van der Waals surface area (Å²) in [4.78, 5) is 21.0. The van der Waals surface area contributed by atoms with Crippen LogP contribution in [0, 0.1) is 0 Å². The molecule has 0 amide bonds. The van der Waals surface area contributed by atoms with Gasteiger partial charge in [0.1, 0.15) is 12.2 Å². The van der Waals surface area contributed by atoms with E-state index >= 15 is 0 Å². The Hall–Kier alpha value is -0.930. The minimum Gasteiger partial charge on any atom is -0.431 e. The van der Waals surface area contributed by atoms with Crippen molar-refractivity contribution in [2.75, 3.05) is 0 Å². The first-order chi connectivity index (χ1) is 5.56. The van der Waals surface area contributed by atoms with Gasteiger partial charge in [0.15, 0.2) is 0 Å². The van der Waals surface area contributed by atoms with Crippen molar-refractivity contribution < 1.29 is 18.7 Å². The van der Waals surface area contributed by atoms with Gasteiger partial charge in [0.2, 0.25) is 6.36 Å². The van der Waals surface area contributed by atoms with E-state index < -0.39 is 12.3 Å². The van der Waals surface area contributed by atoms with Crippen LogP contribution >= 0.6 is 0 Å². The Kier molecular flexibility index (Phi) is 5.25. The van der Waals surface area contributed by atoms with Crippen LogP contribution in [0.4, 0.5) is 4.39 Å². The van der Waals surface area contributed by atoms with Gasteiger partial charge in [-0.1, -0.05) is 6.92 Å². The molecule has 0 radical (unpaired) electrons. The highest BCUT2D eigenvalue weighted by molar-refractivity contribution is 5.94. The van der Waals surface area contributed by atoms with E-state index in [9.17, 15) is 14.0 Å². The van der Waals surface area contributed by atoms with E-state index in [1.165, 1.54) is 6.92 Å². The molecular weight excluding hydrogens is 163 g/mol. The molecule has 12 heavy (non-hydrogen) atoms. The van der Waals surface area contributed by atoms with Gasteiger partial charge in [0.05, 0.1) is 0 Å². The van der Waals surface area contributed by atoms with Crippen molar-refractivity contribution in [1.82, 2.24) is 0 Å². The molecule has 0 aromatic heterocycles. The average molecular weight is 176 g/mol. The first kappa shape index (κ1) is 11.1. The molecule has 0 N–H and O–H groups in total. The second kappa shape index (κ2) is 5.69. The minimum atomic E-state index is -1.57. The Bertz CT molecular complexity index is 168. The van der Waals surface area contributed by atoms with Gasteiger partial charge in [0.25, 0.3) is 0 Å². The molecule has 0 saturated heterocycles. The Labute approximate surface area is 70.9 Å². The third-order valence-electron chi connectivity index (χ3n) is 1.17. The predicted octanol–water partition coefficient (Wildman–Crippen LogP) is 1.60. The van der Waals surface area contributed by atoms with E-state index in [2.05, 4.69) is 4.74 Å². The van der Waals surface area contributed by atoms with Crippen LogP contribution in [0.2, 0.25) is 0 Å². The molecule has 3 nitrogen and oxygen atoms in total. The largest absolute Gasteiger partial charge is 0.431 e. The number of rotatable bonds is 5. The number of hydrogen-bond donors (Lipinski definition) is 0. The molecule has 0 bridgehead atoms. The van der Waals surface area contributed by atoms with Gasteiger partial charge in [0, 0.05) is 6.42 Å². The van der Waals surface area contributed by atoms with Crippen molar-refractivity contribution in [3.8, 4) is 0 Å². The second-order valence-corrected chi connectivity index (χ2v) is 2.57. The topological polar surface area (TPSA) is 43.4 Å². The van der Waals surface area contributed by atoms with Crippen molar-refractivity contribution in [3.63, 3.8) is 0 Å². The fourth-order valence-corrected chi connectivity index (χ4v) is 0.673. The highest BCUT2D eigenvalue weighted by atomic mass is 19.1. The van der Waals surface area contributed by atoms with E-state index in [4.69, 9.17) is 0 Å². The van der Waals surface area contributed by atoms with Crippen molar-refractivity contribution >= 4 is 11.8 Å². The van der Waals surface area contributed by atoms with Gasteiger partial charge >= 0.3 is 5.97 Å². The van der Waals surface area contributed by atoms with Gasteiger partial charge in [-0.3, -0.25) is 9.59 Å². The van der Waals surface area contributed by atoms with Gasteiger partial charge in [-0.2, -0.15) is 0 Å². The third-order valence-corrected chi connectivity index (χ3v) is 1.17. The Morgan fingerprint density at radius 3 is 2.50 bits per heavy atom. The quantitative estimate of drug-likeness (QED) is 0.472. The number of carbonyl (C=O) groups excluding carboxylic acids is 2. The van der Waals surface area contributed by atoms with Gasteiger partial charge in [-0.15, -0.1) is 0 Å². The summed E-state index contributed by atoms with van der Waals surface area (Å²) >= 11 is 0. The number of ketones is 1. The zero-order chi connectivity index (χ0) is 9.56. The zero-order valence-corrected chi connectivity index (χ0v) is 7.30. The molecule has 0 fully saturated rings. The molecule has 0 aliphatic heterocycles. The van der Waals surface area contributed by atoms with Crippen LogP contribution < -0.4 is 0 Å². The first-order valence-corrected chi connectivity index (χ1v) is 3.89. The first-order valence-electron chi connectivity index (χ1n) is 3.89. The fourth-order valence-electron chi connectivity index (χ4n) is 0.673. The normalized spacial score (nSPS) is 12.2. The lowest BCUT2D eigenvalue weighted by Gasteiger charge is -2.07. The summed E-state index contributed by atoms with van der Waals surface area (Å²) in [5, 5.41) is 0. The maximum Gasteiger partial charge on any atom is 0.315 e. The van der Waals surface area contributed by atoms with Gasteiger partial charge in [-0.05, 0) is 13.3 Å². The van der Waals surface area contributed by atoms with E-state index in [0.29, 0.717) is 6.42 Å². The summed E-state index contributed by atoms with van der Waals surface area (Å²) in [6.07, 6.45) is -1.12. The Morgan fingerprint density at radius 2 is 2.08 bits per heavy atom. The Morgan fingerprint density at radius 1 is 1.50 bits per heavy atom. The number of hydrogen-bond acceptors (Lipinski definition) is 3. The molecule has 70 valence electrons. The molecule has 0 spiro atoms. The number of ether oxygens (including phenoxy) is 1. The molecule has 0 aromatic rings. The van der Waals surface area contributed by atoms with Crippen LogP contribution in [0.5, 0.6) is 0 Å². The monoisotopic (exact) mass is 176 g/mol. The summed E-state index contributed by atoms with van der Waals surface area (Å²) < 4.78 is 16.8. The van der Waals surface area contributed by atoms with Gasteiger partial charge in [-0.25, -0.2) is 4.39 Å². The average Bonchev–Trinajstić information content (AvgIpc) is 1.84. The molecule has 4 heteroatoms. The molecule has 0 aromatic carbocycles. The number of esters is 1. The van der Waals surface area contributed by atoms with Crippen LogP contribution in [0.15, 0.2) is 0 Å². The van der Waals surface area contributed by atoms with E-state index in [-0.39, 0.29) is 18.6 Å². The predicted molar refractivity (Wildman–Crippen MR) is 41.2 cm³/mol. The second-order valence-electron chi connectivity index (χ2n) is 2.57. The molecule has 0 aliphatic rings. The Balaban J connectivity index is 3.61. The summed E-state index contributed by atoms with van der Waals surface area (Å²) in [5.41, 5.74) is 0. The summed E-state index contributed by atoms with van der Waals surface area (Å²) in [6.45, 7) is 3.04. The molecule has 1 unspecified atom stereocenters. The number of carbonyl (C=O) groups is 2. The number of halogens is 1. The van der Waals surface area contributed by atoms with E-state index in [0.717, 1.165) is 0 Å². The minimum absolute atomic E-state index is 0.184. The van der Waals surface area contributed by atoms with Gasteiger partial charge < -0.3 is 4.74 Å². The fraction of sp³-hybridized carbons (Fsp3) is 0.750. The lowest BCUT2D eigenvalue weighted by atomic mass is 10.3. The van der Waals surface area contributed by atoms with E-state index in [1.807, 2.05) is 0 Å². The lowest BCUT2D eigenvalue weighted by molar-refractivity contribution is -0.159. The smallest absolute Gasteiger partial charge is 0.315 e. The standard InChI is InChI=1S/C8H13FO3/c1-3-4-7(9)12-8(11)5-6(2)10/h7H,3-5H2,1-2H3. The highest BCUT2D eigenvalue weighted by Crippen LogP contribution is 2.04. The molecular formula is C8H13FO3. The van der Waals surface area contributed by atoms with Crippen LogP contribution in [0.1, 0.15) is 33.1 Å². The van der Waals surface area contributed by atoms with Crippen LogP contribution in [0.3, 0.4) is 0 Å². The lowest BCUT2D eigenvalue weighted by Crippen LogP contribution is -2.15. The maximum absolute atomic E-state index is 12.5.